The Labute approximate surface area is 130 Å². The van der Waals surface area contributed by atoms with E-state index in [-0.39, 0.29) is 22.0 Å². The first-order chi connectivity index (χ1) is 9.98. The van der Waals surface area contributed by atoms with Crippen molar-refractivity contribution in [2.75, 3.05) is 0 Å². The van der Waals surface area contributed by atoms with E-state index in [1.54, 1.807) is 0 Å². The van der Waals surface area contributed by atoms with E-state index in [0.717, 1.165) is 44.9 Å². The van der Waals surface area contributed by atoms with Crippen LogP contribution in [0.4, 0.5) is 0 Å². The smallest absolute Gasteiger partial charge is 0.312 e. The van der Waals surface area contributed by atoms with Gasteiger partial charge in [-0.2, -0.15) is 0 Å². The first kappa shape index (κ1) is 14.0. The van der Waals surface area contributed by atoms with Crippen molar-refractivity contribution < 1.29 is 14.3 Å². The number of Topliss-reactive ketones (excluding diaryl/α,β-unsaturated/α-hetero) is 1. The lowest BCUT2D eigenvalue weighted by Crippen LogP contribution is -2.57. The van der Waals surface area contributed by atoms with Crippen molar-refractivity contribution >= 4 is 23.4 Å². The summed E-state index contributed by atoms with van der Waals surface area (Å²) in [5.74, 6) is 1.15. The minimum atomic E-state index is -0.481. The topological polar surface area (TPSA) is 43.4 Å². The van der Waals surface area contributed by atoms with Gasteiger partial charge in [-0.25, -0.2) is 0 Å². The van der Waals surface area contributed by atoms with Crippen LogP contribution < -0.4 is 0 Å². The molecule has 0 N–H and O–H groups in total. The average Bonchev–Trinajstić information content (AvgIpc) is 2.38. The van der Waals surface area contributed by atoms with Crippen LogP contribution in [-0.4, -0.2) is 22.7 Å². The number of hydrogen-bond donors (Lipinski definition) is 0. The summed E-state index contributed by atoms with van der Waals surface area (Å²) in [4.78, 5) is 24.6. The molecule has 5 aliphatic carbocycles. The van der Waals surface area contributed by atoms with E-state index >= 15 is 0 Å². The molecular weight excluding hydrogens is 288 g/mol. The highest BCUT2D eigenvalue weighted by Gasteiger charge is 2.61. The molecule has 5 aliphatic rings. The second kappa shape index (κ2) is 4.71. The summed E-state index contributed by atoms with van der Waals surface area (Å²) in [6.07, 6.45) is 8.68. The maximum Gasteiger partial charge on any atom is 0.312 e. The molecule has 0 spiro atoms. The number of rotatable bonds is 2. The van der Waals surface area contributed by atoms with Crippen molar-refractivity contribution in [1.29, 1.82) is 0 Å². The van der Waals surface area contributed by atoms with Gasteiger partial charge in [0.25, 0.3) is 0 Å². The molecule has 0 aromatic heterocycles. The Morgan fingerprint density at radius 1 is 1.14 bits per heavy atom. The number of hydrogen-bond acceptors (Lipinski definition) is 3. The zero-order valence-corrected chi connectivity index (χ0v) is 13.2. The van der Waals surface area contributed by atoms with E-state index in [0.29, 0.717) is 24.7 Å². The number of ether oxygens (including phenoxy) is 1. The first-order valence-corrected chi connectivity index (χ1v) is 8.79. The minimum absolute atomic E-state index is 0.111. The van der Waals surface area contributed by atoms with Gasteiger partial charge in [0.15, 0.2) is 11.9 Å². The van der Waals surface area contributed by atoms with Crippen LogP contribution in [-0.2, 0) is 14.3 Å². The standard InChI is InChI=1S/C17H23ClO3/c18-17-8-11-5-12(9-17)7-16(6-11,10-17)15(20)21-14-4-2-1-3-13(14)19/h11-12,14H,1-10H2/t11-,12-,14-,16?,17?/m1/s1. The van der Waals surface area contributed by atoms with Crippen LogP contribution >= 0.6 is 11.6 Å². The molecule has 0 unspecified atom stereocenters. The molecule has 3 atom stereocenters. The Morgan fingerprint density at radius 2 is 1.86 bits per heavy atom. The molecule has 0 aliphatic heterocycles. The lowest BCUT2D eigenvalue weighted by molar-refractivity contribution is -0.178. The zero-order chi connectivity index (χ0) is 14.7. The Kier molecular flexibility index (Phi) is 3.15. The third-order valence-corrected chi connectivity index (χ3v) is 6.61. The fraction of sp³-hybridized carbons (Fsp3) is 0.882. The number of carbonyl (C=O) groups is 2. The highest BCUT2D eigenvalue weighted by atomic mass is 35.5. The summed E-state index contributed by atoms with van der Waals surface area (Å²) >= 11 is 6.76. The maximum absolute atomic E-state index is 12.8. The number of alkyl halides is 1. The summed E-state index contributed by atoms with van der Waals surface area (Å²) in [5, 5.41) is 0. The molecule has 5 fully saturated rings. The van der Waals surface area contributed by atoms with Gasteiger partial charge >= 0.3 is 5.97 Å². The quantitative estimate of drug-likeness (QED) is 0.578. The molecule has 21 heavy (non-hydrogen) atoms. The number of ketones is 1. The van der Waals surface area contributed by atoms with Gasteiger partial charge in [0.05, 0.1) is 5.41 Å². The summed E-state index contributed by atoms with van der Waals surface area (Å²) in [6.45, 7) is 0. The van der Waals surface area contributed by atoms with Crippen molar-refractivity contribution in [1.82, 2.24) is 0 Å². The van der Waals surface area contributed by atoms with Gasteiger partial charge in [0.2, 0.25) is 0 Å². The Bertz CT molecular complexity index is 472. The van der Waals surface area contributed by atoms with Crippen LogP contribution in [0.25, 0.3) is 0 Å². The summed E-state index contributed by atoms with van der Waals surface area (Å²) < 4.78 is 5.69. The van der Waals surface area contributed by atoms with Crippen LogP contribution in [0.2, 0.25) is 0 Å². The van der Waals surface area contributed by atoms with Crippen molar-refractivity contribution in [3.8, 4) is 0 Å². The summed E-state index contributed by atoms with van der Waals surface area (Å²) in [5.41, 5.74) is -0.385. The molecule has 116 valence electrons. The second-order valence-corrected chi connectivity index (χ2v) is 8.80. The maximum atomic E-state index is 12.8. The minimum Gasteiger partial charge on any atom is -0.454 e. The zero-order valence-electron chi connectivity index (χ0n) is 12.4. The van der Waals surface area contributed by atoms with Gasteiger partial charge in [-0.1, -0.05) is 0 Å². The lowest BCUT2D eigenvalue weighted by Gasteiger charge is -2.58. The molecule has 0 heterocycles. The van der Waals surface area contributed by atoms with E-state index in [1.165, 1.54) is 6.42 Å². The second-order valence-electron chi connectivity index (χ2n) is 8.00. The summed E-state index contributed by atoms with van der Waals surface area (Å²) in [6, 6.07) is 0. The largest absolute Gasteiger partial charge is 0.454 e. The van der Waals surface area contributed by atoms with E-state index in [1.807, 2.05) is 0 Å². The number of esters is 1. The predicted molar refractivity (Wildman–Crippen MR) is 79.1 cm³/mol. The van der Waals surface area contributed by atoms with Gasteiger partial charge in [-0.05, 0) is 69.6 Å². The van der Waals surface area contributed by atoms with E-state index in [2.05, 4.69) is 0 Å². The molecule has 3 nitrogen and oxygen atoms in total. The summed E-state index contributed by atoms with van der Waals surface area (Å²) in [7, 11) is 0. The molecule has 0 aromatic carbocycles. The van der Waals surface area contributed by atoms with Gasteiger partial charge in [-0.15, -0.1) is 11.6 Å². The van der Waals surface area contributed by atoms with Gasteiger partial charge in [0, 0.05) is 11.3 Å². The first-order valence-electron chi connectivity index (χ1n) is 8.41. The Balaban J connectivity index is 1.52. The van der Waals surface area contributed by atoms with E-state index < -0.39 is 6.10 Å². The normalized spacial score (nSPS) is 48.4. The highest BCUT2D eigenvalue weighted by molar-refractivity contribution is 6.24. The van der Waals surface area contributed by atoms with Crippen molar-refractivity contribution in [2.24, 2.45) is 17.3 Å². The SMILES string of the molecule is O=C1CCCC[C@H]1OC(=O)C12C[C@H]3C[C@@H](CC(Cl)(C3)C1)C2. The van der Waals surface area contributed by atoms with Crippen LogP contribution in [0.1, 0.15) is 64.2 Å². The molecule has 0 aromatic rings. The van der Waals surface area contributed by atoms with Crippen molar-refractivity contribution in [2.45, 2.75) is 75.2 Å². The number of halogens is 1. The molecular formula is C17H23ClO3. The third-order valence-electron chi connectivity index (χ3n) is 6.17. The van der Waals surface area contributed by atoms with Crippen molar-refractivity contribution in [3.63, 3.8) is 0 Å². The molecule has 5 rings (SSSR count). The van der Waals surface area contributed by atoms with Crippen LogP contribution in [0.5, 0.6) is 0 Å². The fourth-order valence-electron chi connectivity index (χ4n) is 5.72. The van der Waals surface area contributed by atoms with Crippen LogP contribution in [0, 0.1) is 17.3 Å². The molecule has 5 saturated carbocycles. The van der Waals surface area contributed by atoms with Crippen LogP contribution in [0.3, 0.4) is 0 Å². The Hall–Kier alpha value is -0.570. The average molecular weight is 311 g/mol. The fourth-order valence-corrected chi connectivity index (χ4v) is 6.41. The predicted octanol–water partition coefficient (Wildman–Crippen LogP) is 3.62. The van der Waals surface area contributed by atoms with Crippen LogP contribution in [0.15, 0.2) is 0 Å². The van der Waals surface area contributed by atoms with Crippen molar-refractivity contribution in [3.05, 3.63) is 0 Å². The van der Waals surface area contributed by atoms with E-state index in [9.17, 15) is 9.59 Å². The lowest BCUT2D eigenvalue weighted by atomic mass is 9.49. The molecule has 4 heteroatoms. The molecule has 0 saturated heterocycles. The van der Waals surface area contributed by atoms with Gasteiger partial charge < -0.3 is 4.74 Å². The molecule has 0 radical (unpaired) electrons. The molecule has 4 bridgehead atoms. The highest BCUT2D eigenvalue weighted by Crippen LogP contribution is 2.64. The third kappa shape index (κ3) is 2.32. The number of carbonyl (C=O) groups excluding carboxylic acids is 2. The monoisotopic (exact) mass is 310 g/mol. The van der Waals surface area contributed by atoms with Gasteiger partial charge in [-0.3, -0.25) is 9.59 Å². The van der Waals surface area contributed by atoms with E-state index in [4.69, 9.17) is 16.3 Å². The Morgan fingerprint density at radius 3 is 2.48 bits per heavy atom. The molecule has 0 amide bonds. The van der Waals surface area contributed by atoms with Gasteiger partial charge in [0.1, 0.15) is 0 Å².